The molecule has 3 rings (SSSR count). The molecule has 2 amide bonds. The van der Waals surface area contributed by atoms with Gasteiger partial charge in [-0.2, -0.15) is 29.7 Å². The van der Waals surface area contributed by atoms with Gasteiger partial charge in [-0.1, -0.05) is 29.3 Å². The summed E-state index contributed by atoms with van der Waals surface area (Å²) >= 11 is 15.1. The smallest absolute Gasteiger partial charge is 0.389 e. The molecule has 1 fully saturated rings. The van der Waals surface area contributed by atoms with E-state index >= 15 is 0 Å². The zero-order valence-electron chi connectivity index (χ0n) is 20.9. The van der Waals surface area contributed by atoms with E-state index in [2.05, 4.69) is 10.3 Å². The molecule has 0 spiro atoms. The lowest BCUT2D eigenvalue weighted by molar-refractivity contribution is -0.147. The summed E-state index contributed by atoms with van der Waals surface area (Å²) in [6.45, 7) is 4.40. The quantitative estimate of drug-likeness (QED) is 0.394. The van der Waals surface area contributed by atoms with Gasteiger partial charge in [0.15, 0.2) is 5.01 Å². The third-order valence-corrected chi connectivity index (χ3v) is 10.0. The zero-order valence-corrected chi connectivity index (χ0v) is 24.8. The van der Waals surface area contributed by atoms with Crippen LogP contribution in [0.3, 0.4) is 0 Å². The highest BCUT2D eigenvalue weighted by atomic mass is 35.5. The first-order valence-corrected chi connectivity index (χ1v) is 15.6. The number of sulfonamides is 1. The number of aliphatic hydroxyl groups is 1. The van der Waals surface area contributed by atoms with Gasteiger partial charge in [0.1, 0.15) is 16.6 Å². The minimum absolute atomic E-state index is 0.0678. The Bertz CT molecular complexity index is 1360. The van der Waals surface area contributed by atoms with Gasteiger partial charge in [0.05, 0.1) is 20.5 Å². The van der Waals surface area contributed by atoms with Crippen LogP contribution in [-0.4, -0.2) is 84.2 Å². The van der Waals surface area contributed by atoms with Crippen molar-refractivity contribution < 1.29 is 36.3 Å². The van der Waals surface area contributed by atoms with Crippen LogP contribution in [0.2, 0.25) is 10.0 Å². The second-order valence-corrected chi connectivity index (χ2v) is 13.9. The molecule has 3 N–H and O–H groups in total. The highest BCUT2D eigenvalue weighted by molar-refractivity contribution is 7.99. The van der Waals surface area contributed by atoms with Crippen molar-refractivity contribution in [2.24, 2.45) is 0 Å². The monoisotopic (exact) mass is 648 g/mol. The van der Waals surface area contributed by atoms with Gasteiger partial charge in [-0.15, -0.1) is 11.3 Å². The third kappa shape index (κ3) is 7.77. The Labute approximate surface area is 241 Å². The summed E-state index contributed by atoms with van der Waals surface area (Å²) in [6, 6.07) is -0.236. The largest absolute Gasteiger partial charge is 0.404 e. The minimum atomic E-state index is -4.84. The first-order valence-electron chi connectivity index (χ1n) is 11.4. The topological polar surface area (TPSA) is 129 Å². The van der Waals surface area contributed by atoms with Gasteiger partial charge in [-0.25, -0.2) is 13.4 Å². The number of carbonyl (C=O) groups is 2. The summed E-state index contributed by atoms with van der Waals surface area (Å²) in [4.78, 5) is 31.4. The fourth-order valence-corrected chi connectivity index (χ4v) is 7.37. The van der Waals surface area contributed by atoms with Crippen molar-refractivity contribution in [1.82, 2.24) is 19.9 Å². The third-order valence-electron chi connectivity index (χ3n) is 5.41. The standard InChI is InChI=1S/C22H25Cl2F3N4O5S3/c1-11(22(25,26)27)30-39(35,36)13-5-4-12(14(23)15(13)24)17-16(20(33)31-6-8-37-9-7-31)29-19(38-17)18(32)28-10-21(2,3)34/h4-5,11,30,34H,6-10H2,1-3H3,(H,28,32). The molecule has 17 heteroatoms. The second-order valence-electron chi connectivity index (χ2n) is 9.22. The molecule has 0 radical (unpaired) electrons. The number of halogens is 5. The number of alkyl halides is 3. The number of thiazole rings is 1. The molecule has 2 aromatic rings. The lowest BCUT2D eigenvalue weighted by Gasteiger charge is -2.26. The van der Waals surface area contributed by atoms with Crippen molar-refractivity contribution in [1.29, 1.82) is 0 Å². The van der Waals surface area contributed by atoms with E-state index in [-0.39, 0.29) is 32.7 Å². The Morgan fingerprint density at radius 2 is 1.79 bits per heavy atom. The van der Waals surface area contributed by atoms with Crippen LogP contribution in [0.25, 0.3) is 10.4 Å². The van der Waals surface area contributed by atoms with Crippen LogP contribution < -0.4 is 10.0 Å². The number of benzene rings is 1. The molecular weight excluding hydrogens is 624 g/mol. The Morgan fingerprint density at radius 3 is 2.36 bits per heavy atom. The lowest BCUT2D eigenvalue weighted by atomic mass is 10.1. The summed E-state index contributed by atoms with van der Waals surface area (Å²) in [5.74, 6) is 0.259. The van der Waals surface area contributed by atoms with Gasteiger partial charge in [-0.3, -0.25) is 9.59 Å². The summed E-state index contributed by atoms with van der Waals surface area (Å²) in [7, 11) is -4.73. The van der Waals surface area contributed by atoms with E-state index in [1.54, 1.807) is 16.7 Å². The van der Waals surface area contributed by atoms with Crippen molar-refractivity contribution in [3.05, 3.63) is 32.9 Å². The van der Waals surface area contributed by atoms with E-state index in [0.717, 1.165) is 17.4 Å². The second kappa shape index (κ2) is 12.1. The van der Waals surface area contributed by atoms with Crippen LogP contribution in [0.4, 0.5) is 13.2 Å². The molecule has 216 valence electrons. The highest BCUT2D eigenvalue weighted by Gasteiger charge is 2.39. The average molecular weight is 650 g/mol. The molecule has 1 saturated heterocycles. The van der Waals surface area contributed by atoms with E-state index in [0.29, 0.717) is 31.5 Å². The molecule has 0 aliphatic carbocycles. The molecule has 1 aliphatic rings. The number of amides is 2. The van der Waals surface area contributed by atoms with Crippen molar-refractivity contribution in [3.63, 3.8) is 0 Å². The lowest BCUT2D eigenvalue weighted by Crippen LogP contribution is -2.43. The molecule has 1 unspecified atom stereocenters. The van der Waals surface area contributed by atoms with Crippen molar-refractivity contribution >= 4 is 68.1 Å². The van der Waals surface area contributed by atoms with E-state index in [9.17, 15) is 36.3 Å². The summed E-state index contributed by atoms with van der Waals surface area (Å²) in [5, 5.41) is 11.4. The Morgan fingerprint density at radius 1 is 1.18 bits per heavy atom. The van der Waals surface area contributed by atoms with Crippen molar-refractivity contribution in [2.75, 3.05) is 31.1 Å². The average Bonchev–Trinajstić information content (AvgIpc) is 3.28. The maximum Gasteiger partial charge on any atom is 0.404 e. The number of nitrogens with zero attached hydrogens (tertiary/aromatic N) is 2. The van der Waals surface area contributed by atoms with Crippen LogP contribution >= 0.6 is 46.3 Å². The fourth-order valence-electron chi connectivity index (χ4n) is 3.31. The molecular formula is C22H25Cl2F3N4O5S3. The van der Waals surface area contributed by atoms with Crippen LogP contribution in [0, 0.1) is 0 Å². The summed E-state index contributed by atoms with van der Waals surface area (Å²) in [6.07, 6.45) is -4.84. The van der Waals surface area contributed by atoms with Crippen LogP contribution in [0.15, 0.2) is 17.0 Å². The number of rotatable bonds is 8. The highest BCUT2D eigenvalue weighted by Crippen LogP contribution is 2.42. The molecule has 0 bridgehead atoms. The zero-order chi connectivity index (χ0) is 29.3. The number of hydrogen-bond donors (Lipinski definition) is 3. The maximum atomic E-state index is 13.4. The van der Waals surface area contributed by atoms with Crippen LogP contribution in [0.5, 0.6) is 0 Å². The normalized spacial score (nSPS) is 15.8. The number of thioether (sulfide) groups is 1. The Balaban J connectivity index is 2.07. The van der Waals surface area contributed by atoms with E-state index in [1.807, 2.05) is 0 Å². The molecule has 0 saturated carbocycles. The number of hydrogen-bond acceptors (Lipinski definition) is 8. The SMILES string of the molecule is CC(NS(=O)(=O)c1ccc(-c2sc(C(=O)NCC(C)(C)O)nc2C(=O)N2CCSCC2)c(Cl)c1Cl)C(F)(F)F. The molecule has 1 aromatic carbocycles. The number of nitrogens with one attached hydrogen (secondary N) is 2. The van der Waals surface area contributed by atoms with Gasteiger partial charge in [-0.05, 0) is 26.8 Å². The number of carbonyl (C=O) groups excluding carboxylic acids is 2. The van der Waals surface area contributed by atoms with Gasteiger partial charge in [0.25, 0.3) is 11.8 Å². The molecule has 1 atom stereocenters. The predicted octanol–water partition coefficient (Wildman–Crippen LogP) is 4.04. The molecule has 2 heterocycles. The van der Waals surface area contributed by atoms with Crippen LogP contribution in [-0.2, 0) is 10.0 Å². The number of aromatic nitrogens is 1. The predicted molar refractivity (Wildman–Crippen MR) is 145 cm³/mol. The minimum Gasteiger partial charge on any atom is -0.389 e. The van der Waals surface area contributed by atoms with E-state index in [1.165, 1.54) is 24.6 Å². The van der Waals surface area contributed by atoms with Gasteiger partial charge in [0, 0.05) is 36.7 Å². The Kier molecular flexibility index (Phi) is 9.89. The van der Waals surface area contributed by atoms with Gasteiger partial charge in [0.2, 0.25) is 10.0 Å². The molecule has 1 aliphatic heterocycles. The maximum absolute atomic E-state index is 13.4. The van der Waals surface area contributed by atoms with Crippen LogP contribution in [0.1, 0.15) is 41.1 Å². The Hall–Kier alpha value is -1.62. The van der Waals surface area contributed by atoms with Gasteiger partial charge >= 0.3 is 6.18 Å². The first kappa shape index (κ1) is 31.9. The van der Waals surface area contributed by atoms with Crippen molar-refractivity contribution in [3.8, 4) is 10.4 Å². The van der Waals surface area contributed by atoms with E-state index in [4.69, 9.17) is 23.2 Å². The first-order chi connectivity index (χ1) is 17.9. The summed E-state index contributed by atoms with van der Waals surface area (Å²) in [5.41, 5.74) is -1.26. The van der Waals surface area contributed by atoms with Gasteiger partial charge < -0.3 is 15.3 Å². The molecule has 39 heavy (non-hydrogen) atoms. The fraction of sp³-hybridized carbons (Fsp3) is 0.500. The van der Waals surface area contributed by atoms with E-state index < -0.39 is 49.6 Å². The van der Waals surface area contributed by atoms with Crippen molar-refractivity contribution in [2.45, 2.75) is 43.5 Å². The molecule has 1 aromatic heterocycles. The molecule has 9 nitrogen and oxygen atoms in total. The summed E-state index contributed by atoms with van der Waals surface area (Å²) < 4.78 is 65.6.